The zero-order valence-electron chi connectivity index (χ0n) is 13.1. The molecule has 112 valence electrons. The van der Waals surface area contributed by atoms with E-state index >= 15 is 0 Å². The molecular formula is C18H25N2O+. The van der Waals surface area contributed by atoms with Crippen LogP contribution in [-0.4, -0.2) is 24.6 Å². The van der Waals surface area contributed by atoms with Crippen molar-refractivity contribution in [1.82, 2.24) is 0 Å². The van der Waals surface area contributed by atoms with Crippen molar-refractivity contribution in [2.24, 2.45) is 10.4 Å². The lowest BCUT2D eigenvalue weighted by molar-refractivity contribution is -0.696. The molecule has 3 nitrogen and oxygen atoms in total. The highest BCUT2D eigenvalue weighted by Crippen LogP contribution is 2.32. The van der Waals surface area contributed by atoms with Crippen LogP contribution in [0.3, 0.4) is 0 Å². The lowest BCUT2D eigenvalue weighted by Crippen LogP contribution is -2.87. The van der Waals surface area contributed by atoms with Gasteiger partial charge in [0.2, 0.25) is 0 Å². The van der Waals surface area contributed by atoms with Gasteiger partial charge in [-0.1, -0.05) is 38.1 Å². The van der Waals surface area contributed by atoms with Gasteiger partial charge < -0.3 is 5.32 Å². The number of hydrogen-bond donors (Lipinski definition) is 1. The predicted octanol–water partition coefficient (Wildman–Crippen LogP) is 2.07. The van der Waals surface area contributed by atoms with Gasteiger partial charge >= 0.3 is 0 Å². The Bertz CT molecular complexity index is 574. The Hall–Kier alpha value is -1.48. The van der Waals surface area contributed by atoms with Gasteiger partial charge in [-0.3, -0.25) is 9.79 Å². The van der Waals surface area contributed by atoms with Crippen LogP contribution in [-0.2, 0) is 11.2 Å². The first-order valence-corrected chi connectivity index (χ1v) is 7.98. The summed E-state index contributed by atoms with van der Waals surface area (Å²) in [4.78, 5) is 16.7. The van der Waals surface area contributed by atoms with E-state index < -0.39 is 0 Å². The molecular weight excluding hydrogens is 260 g/mol. The summed E-state index contributed by atoms with van der Waals surface area (Å²) in [6.45, 7) is 6.27. The lowest BCUT2D eigenvalue weighted by Gasteiger charge is -2.30. The summed E-state index contributed by atoms with van der Waals surface area (Å²) in [6, 6.07) is 9.12. The second kappa shape index (κ2) is 5.72. The molecule has 1 saturated carbocycles. The van der Waals surface area contributed by atoms with E-state index in [0.717, 1.165) is 31.6 Å². The summed E-state index contributed by atoms with van der Waals surface area (Å²) < 4.78 is 0. The molecule has 0 aromatic heterocycles. The molecule has 0 saturated heterocycles. The highest BCUT2D eigenvalue weighted by atomic mass is 16.1. The second-order valence-electron chi connectivity index (χ2n) is 7.22. The van der Waals surface area contributed by atoms with Crippen molar-refractivity contribution < 1.29 is 10.1 Å². The van der Waals surface area contributed by atoms with E-state index in [9.17, 15) is 4.79 Å². The number of hydrogen-bond acceptors (Lipinski definition) is 2. The Balaban J connectivity index is 1.73. The molecule has 1 aromatic rings. The van der Waals surface area contributed by atoms with Crippen LogP contribution in [0.15, 0.2) is 29.3 Å². The molecule has 3 rings (SSSR count). The topological polar surface area (TPSA) is 46.0 Å². The second-order valence-corrected chi connectivity index (χ2v) is 7.22. The van der Waals surface area contributed by atoms with Crippen LogP contribution < -0.4 is 5.32 Å². The molecule has 0 amide bonds. The van der Waals surface area contributed by atoms with E-state index in [4.69, 9.17) is 4.99 Å². The van der Waals surface area contributed by atoms with Gasteiger partial charge in [0.1, 0.15) is 11.8 Å². The van der Waals surface area contributed by atoms with Crippen LogP contribution in [0.2, 0.25) is 0 Å². The van der Waals surface area contributed by atoms with Crippen LogP contribution in [0.25, 0.3) is 0 Å². The SMILES string of the molecule is CC1(C)CC(=O)CC(=NC[C@H]2[NH2+]CCc3ccccc32)C1. The fourth-order valence-electron chi connectivity index (χ4n) is 3.70. The van der Waals surface area contributed by atoms with E-state index in [2.05, 4.69) is 43.4 Å². The minimum atomic E-state index is 0.0857. The number of benzene rings is 1. The number of ketones is 1. The molecule has 2 N–H and O–H groups in total. The van der Waals surface area contributed by atoms with Crippen LogP contribution in [0.5, 0.6) is 0 Å². The van der Waals surface area contributed by atoms with Crippen molar-refractivity contribution in [1.29, 1.82) is 0 Å². The van der Waals surface area contributed by atoms with Crippen LogP contribution >= 0.6 is 0 Å². The van der Waals surface area contributed by atoms with Crippen molar-refractivity contribution in [3.8, 4) is 0 Å². The maximum atomic E-state index is 11.8. The maximum Gasteiger partial charge on any atom is 0.139 e. The van der Waals surface area contributed by atoms with Crippen molar-refractivity contribution in [3.05, 3.63) is 35.4 Å². The molecule has 0 spiro atoms. The molecule has 1 atom stereocenters. The predicted molar refractivity (Wildman–Crippen MR) is 84.6 cm³/mol. The summed E-state index contributed by atoms with van der Waals surface area (Å²) in [6.07, 6.45) is 3.38. The smallest absolute Gasteiger partial charge is 0.139 e. The minimum Gasteiger partial charge on any atom is -0.338 e. The van der Waals surface area contributed by atoms with Gasteiger partial charge in [-0.15, -0.1) is 0 Å². The number of carbonyl (C=O) groups is 1. The van der Waals surface area contributed by atoms with Gasteiger partial charge in [0.05, 0.1) is 13.1 Å². The summed E-state index contributed by atoms with van der Waals surface area (Å²) >= 11 is 0. The molecule has 1 fully saturated rings. The van der Waals surface area contributed by atoms with Gasteiger partial charge in [0.25, 0.3) is 0 Å². The number of Topliss-reactive ketones (excluding diaryl/α,β-unsaturated/α-hetero) is 1. The average molecular weight is 285 g/mol. The highest BCUT2D eigenvalue weighted by Gasteiger charge is 2.30. The van der Waals surface area contributed by atoms with Gasteiger partial charge in [-0.05, 0) is 17.4 Å². The number of nitrogens with two attached hydrogens (primary N) is 1. The molecule has 1 aliphatic heterocycles. The standard InChI is InChI=1S/C18H24N2O/c1-18(2)10-14(9-15(21)11-18)20-12-17-16-6-4-3-5-13(16)7-8-19-17/h3-6,17,19H,7-12H2,1-2H3/p+1/t17-/m1/s1. The van der Waals surface area contributed by atoms with Crippen molar-refractivity contribution in [2.75, 3.05) is 13.1 Å². The molecule has 2 aliphatic rings. The molecule has 0 bridgehead atoms. The number of aliphatic imine (C=N–C) groups is 1. The molecule has 1 aromatic carbocycles. The molecule has 21 heavy (non-hydrogen) atoms. The number of fused-ring (bicyclic) bond motifs is 1. The molecule has 1 aliphatic carbocycles. The Morgan fingerprint density at radius 2 is 2.10 bits per heavy atom. The largest absolute Gasteiger partial charge is 0.338 e. The van der Waals surface area contributed by atoms with E-state index in [1.165, 1.54) is 11.1 Å². The Kier molecular flexibility index (Phi) is 3.94. The van der Waals surface area contributed by atoms with E-state index in [1.807, 2.05) is 0 Å². The average Bonchev–Trinajstić information content (AvgIpc) is 2.43. The van der Waals surface area contributed by atoms with E-state index in [1.54, 1.807) is 0 Å². The van der Waals surface area contributed by atoms with Crippen molar-refractivity contribution >= 4 is 11.5 Å². The first-order valence-electron chi connectivity index (χ1n) is 7.98. The summed E-state index contributed by atoms with van der Waals surface area (Å²) in [5.41, 5.74) is 4.08. The van der Waals surface area contributed by atoms with Gasteiger partial charge in [0.15, 0.2) is 0 Å². The first-order chi connectivity index (χ1) is 10.0. The maximum absolute atomic E-state index is 11.8. The number of carbonyl (C=O) groups excluding carboxylic acids is 1. The monoisotopic (exact) mass is 285 g/mol. The normalized spacial score (nSPS) is 26.7. The fraction of sp³-hybridized carbons (Fsp3) is 0.556. The third kappa shape index (κ3) is 3.41. The van der Waals surface area contributed by atoms with Crippen molar-refractivity contribution in [3.63, 3.8) is 0 Å². The number of nitrogens with zero attached hydrogens (tertiary/aromatic N) is 1. The number of rotatable bonds is 2. The molecule has 0 unspecified atom stereocenters. The third-order valence-corrected chi connectivity index (χ3v) is 4.59. The van der Waals surface area contributed by atoms with Gasteiger partial charge in [-0.2, -0.15) is 0 Å². The first kappa shape index (κ1) is 14.5. The van der Waals surface area contributed by atoms with Crippen LogP contribution in [0.4, 0.5) is 0 Å². The van der Waals surface area contributed by atoms with E-state index in [-0.39, 0.29) is 5.41 Å². The zero-order valence-corrected chi connectivity index (χ0v) is 13.1. The fourth-order valence-corrected chi connectivity index (χ4v) is 3.70. The lowest BCUT2D eigenvalue weighted by atomic mass is 9.76. The third-order valence-electron chi connectivity index (χ3n) is 4.59. The van der Waals surface area contributed by atoms with Gasteiger partial charge in [-0.25, -0.2) is 0 Å². The molecule has 1 heterocycles. The quantitative estimate of drug-likeness (QED) is 0.888. The zero-order chi connectivity index (χ0) is 14.9. The summed E-state index contributed by atoms with van der Waals surface area (Å²) in [5.74, 6) is 0.345. The Morgan fingerprint density at radius 1 is 1.29 bits per heavy atom. The highest BCUT2D eigenvalue weighted by molar-refractivity contribution is 6.04. The molecule has 0 radical (unpaired) electrons. The van der Waals surface area contributed by atoms with Crippen molar-refractivity contribution in [2.45, 2.75) is 45.6 Å². The summed E-state index contributed by atoms with van der Waals surface area (Å²) in [7, 11) is 0. The Morgan fingerprint density at radius 3 is 2.90 bits per heavy atom. The molecule has 3 heteroatoms. The Labute approximate surface area is 126 Å². The number of quaternary nitrogens is 1. The summed E-state index contributed by atoms with van der Waals surface area (Å²) in [5, 5.41) is 2.39. The van der Waals surface area contributed by atoms with Gasteiger partial charge in [0, 0.05) is 30.5 Å². The minimum absolute atomic E-state index is 0.0857. The van der Waals surface area contributed by atoms with E-state index in [0.29, 0.717) is 24.7 Å². The van der Waals surface area contributed by atoms with Crippen LogP contribution in [0, 0.1) is 5.41 Å². The van der Waals surface area contributed by atoms with Crippen LogP contribution in [0.1, 0.15) is 50.3 Å².